The molecule has 0 spiro atoms. The molecular formula is C16H23N3. The summed E-state index contributed by atoms with van der Waals surface area (Å²) in [6, 6.07) is 4.48. The Balaban J connectivity index is 2.15. The SMILES string of the molecule is CCNCc1cnn(Cc2c(C)cc(C)cc2C)c1. The maximum absolute atomic E-state index is 4.45. The Labute approximate surface area is 115 Å². The van der Waals surface area contributed by atoms with Crippen molar-refractivity contribution in [2.24, 2.45) is 0 Å². The fourth-order valence-corrected chi connectivity index (χ4v) is 2.47. The van der Waals surface area contributed by atoms with Crippen LogP contribution in [0.1, 0.15) is 34.7 Å². The van der Waals surface area contributed by atoms with E-state index in [1.54, 1.807) is 0 Å². The van der Waals surface area contributed by atoms with E-state index in [2.05, 4.69) is 56.4 Å². The molecule has 0 aliphatic heterocycles. The molecule has 2 rings (SSSR count). The summed E-state index contributed by atoms with van der Waals surface area (Å²) < 4.78 is 2.03. The van der Waals surface area contributed by atoms with E-state index in [-0.39, 0.29) is 0 Å². The van der Waals surface area contributed by atoms with Gasteiger partial charge in [0.25, 0.3) is 0 Å². The van der Waals surface area contributed by atoms with Gasteiger partial charge in [0.1, 0.15) is 0 Å². The molecule has 1 aromatic heterocycles. The standard InChI is InChI=1S/C16H23N3/c1-5-17-8-15-9-18-19(10-15)11-16-13(3)6-12(2)7-14(16)4/h6-7,9-10,17H,5,8,11H2,1-4H3. The minimum absolute atomic E-state index is 0.851. The van der Waals surface area contributed by atoms with Crippen LogP contribution in [-0.2, 0) is 13.1 Å². The maximum atomic E-state index is 4.45. The van der Waals surface area contributed by atoms with Crippen molar-refractivity contribution in [3.63, 3.8) is 0 Å². The summed E-state index contributed by atoms with van der Waals surface area (Å²) in [6.07, 6.45) is 4.07. The third-order valence-corrected chi connectivity index (χ3v) is 3.43. The Hall–Kier alpha value is -1.61. The Morgan fingerprint density at radius 1 is 1.16 bits per heavy atom. The summed E-state index contributed by atoms with van der Waals surface area (Å²) in [5, 5.41) is 7.76. The number of hydrogen-bond acceptors (Lipinski definition) is 2. The van der Waals surface area contributed by atoms with Crippen molar-refractivity contribution in [3.05, 3.63) is 52.3 Å². The lowest BCUT2D eigenvalue weighted by molar-refractivity contribution is 0.677. The molecule has 1 N–H and O–H groups in total. The lowest BCUT2D eigenvalue weighted by atomic mass is 10.00. The van der Waals surface area contributed by atoms with Gasteiger partial charge in [-0.2, -0.15) is 5.10 Å². The van der Waals surface area contributed by atoms with Gasteiger partial charge in [-0.15, -0.1) is 0 Å². The minimum atomic E-state index is 0.851. The molecule has 0 aliphatic carbocycles. The second kappa shape index (κ2) is 6.02. The number of nitrogens with zero attached hydrogens (tertiary/aromatic N) is 2. The van der Waals surface area contributed by atoms with Gasteiger partial charge in [-0.3, -0.25) is 4.68 Å². The molecule has 1 heterocycles. The van der Waals surface area contributed by atoms with E-state index in [0.717, 1.165) is 19.6 Å². The van der Waals surface area contributed by atoms with Crippen LogP contribution in [0.25, 0.3) is 0 Å². The lowest BCUT2D eigenvalue weighted by Gasteiger charge is -2.11. The van der Waals surface area contributed by atoms with Gasteiger partial charge in [-0.1, -0.05) is 24.6 Å². The van der Waals surface area contributed by atoms with Crippen LogP contribution in [0.3, 0.4) is 0 Å². The lowest BCUT2D eigenvalue weighted by Crippen LogP contribution is -2.11. The van der Waals surface area contributed by atoms with Gasteiger partial charge in [-0.05, 0) is 44.0 Å². The van der Waals surface area contributed by atoms with Crippen molar-refractivity contribution in [2.75, 3.05) is 6.54 Å². The molecule has 0 radical (unpaired) electrons. The molecular weight excluding hydrogens is 234 g/mol. The smallest absolute Gasteiger partial charge is 0.0664 e. The van der Waals surface area contributed by atoms with E-state index >= 15 is 0 Å². The van der Waals surface area contributed by atoms with Crippen LogP contribution in [0.15, 0.2) is 24.5 Å². The first-order valence-corrected chi connectivity index (χ1v) is 6.89. The Bertz CT molecular complexity index is 532. The quantitative estimate of drug-likeness (QED) is 0.892. The molecule has 0 bridgehead atoms. The number of rotatable bonds is 5. The number of aromatic nitrogens is 2. The first-order valence-electron chi connectivity index (χ1n) is 6.89. The summed E-state index contributed by atoms with van der Waals surface area (Å²) >= 11 is 0. The Morgan fingerprint density at radius 2 is 1.84 bits per heavy atom. The highest BCUT2D eigenvalue weighted by molar-refractivity contribution is 5.37. The van der Waals surface area contributed by atoms with E-state index in [9.17, 15) is 0 Å². The van der Waals surface area contributed by atoms with Gasteiger partial charge >= 0.3 is 0 Å². The number of hydrogen-bond donors (Lipinski definition) is 1. The molecule has 0 amide bonds. The minimum Gasteiger partial charge on any atom is -0.313 e. The van der Waals surface area contributed by atoms with Crippen LogP contribution < -0.4 is 5.32 Å². The van der Waals surface area contributed by atoms with Gasteiger partial charge in [0.2, 0.25) is 0 Å². The molecule has 0 aliphatic rings. The number of nitrogens with one attached hydrogen (secondary N) is 1. The van der Waals surface area contributed by atoms with Crippen LogP contribution in [0, 0.1) is 20.8 Å². The molecule has 2 aromatic rings. The molecule has 0 saturated carbocycles. The van der Waals surface area contributed by atoms with Crippen LogP contribution in [0.5, 0.6) is 0 Å². The van der Waals surface area contributed by atoms with Crippen molar-refractivity contribution < 1.29 is 0 Å². The first-order chi connectivity index (χ1) is 9.10. The molecule has 0 saturated heterocycles. The first kappa shape index (κ1) is 13.8. The van der Waals surface area contributed by atoms with Crippen molar-refractivity contribution >= 4 is 0 Å². The fourth-order valence-electron chi connectivity index (χ4n) is 2.47. The highest BCUT2D eigenvalue weighted by atomic mass is 15.3. The summed E-state index contributed by atoms with van der Waals surface area (Å²) in [6.45, 7) is 11.3. The Morgan fingerprint density at radius 3 is 2.47 bits per heavy atom. The van der Waals surface area contributed by atoms with E-state index in [0.29, 0.717) is 0 Å². The molecule has 0 fully saturated rings. The molecule has 0 atom stereocenters. The molecule has 0 unspecified atom stereocenters. The highest BCUT2D eigenvalue weighted by Gasteiger charge is 2.06. The van der Waals surface area contributed by atoms with Crippen molar-refractivity contribution in [1.29, 1.82) is 0 Å². The van der Waals surface area contributed by atoms with Crippen molar-refractivity contribution in [2.45, 2.75) is 40.8 Å². The van der Waals surface area contributed by atoms with Crippen LogP contribution >= 0.6 is 0 Å². The highest BCUT2D eigenvalue weighted by Crippen LogP contribution is 2.17. The van der Waals surface area contributed by atoms with E-state index in [1.165, 1.54) is 27.8 Å². The largest absolute Gasteiger partial charge is 0.313 e. The number of aryl methyl sites for hydroxylation is 3. The van der Waals surface area contributed by atoms with Gasteiger partial charge < -0.3 is 5.32 Å². The van der Waals surface area contributed by atoms with Gasteiger partial charge in [0, 0.05) is 18.3 Å². The molecule has 19 heavy (non-hydrogen) atoms. The summed E-state index contributed by atoms with van der Waals surface area (Å²) in [4.78, 5) is 0. The monoisotopic (exact) mass is 257 g/mol. The zero-order valence-corrected chi connectivity index (χ0v) is 12.3. The van der Waals surface area contributed by atoms with Gasteiger partial charge in [0.15, 0.2) is 0 Å². The zero-order valence-electron chi connectivity index (χ0n) is 12.3. The Kier molecular flexibility index (Phi) is 4.38. The predicted octanol–water partition coefficient (Wildman–Crippen LogP) is 2.97. The third kappa shape index (κ3) is 3.44. The second-order valence-electron chi connectivity index (χ2n) is 5.20. The normalized spacial score (nSPS) is 10.9. The van der Waals surface area contributed by atoms with Crippen molar-refractivity contribution in [3.8, 4) is 0 Å². The van der Waals surface area contributed by atoms with Crippen LogP contribution in [-0.4, -0.2) is 16.3 Å². The molecule has 3 nitrogen and oxygen atoms in total. The summed E-state index contributed by atoms with van der Waals surface area (Å²) in [7, 11) is 0. The van der Waals surface area contributed by atoms with Gasteiger partial charge in [0.05, 0.1) is 12.7 Å². The average molecular weight is 257 g/mol. The summed E-state index contributed by atoms with van der Waals surface area (Å²) in [5.74, 6) is 0. The molecule has 102 valence electrons. The topological polar surface area (TPSA) is 29.9 Å². The predicted molar refractivity (Wildman–Crippen MR) is 79.4 cm³/mol. The van der Waals surface area contributed by atoms with E-state index < -0.39 is 0 Å². The van der Waals surface area contributed by atoms with E-state index in [1.807, 2.05) is 10.9 Å². The molecule has 1 aromatic carbocycles. The van der Waals surface area contributed by atoms with Crippen LogP contribution in [0.4, 0.5) is 0 Å². The third-order valence-electron chi connectivity index (χ3n) is 3.43. The molecule has 3 heteroatoms. The van der Waals surface area contributed by atoms with Gasteiger partial charge in [-0.25, -0.2) is 0 Å². The summed E-state index contributed by atoms with van der Waals surface area (Å²) in [5.41, 5.74) is 6.64. The maximum Gasteiger partial charge on any atom is 0.0664 e. The average Bonchev–Trinajstić information content (AvgIpc) is 2.79. The van der Waals surface area contributed by atoms with Crippen molar-refractivity contribution in [1.82, 2.24) is 15.1 Å². The number of benzene rings is 1. The van der Waals surface area contributed by atoms with Crippen LogP contribution in [0.2, 0.25) is 0 Å². The zero-order chi connectivity index (χ0) is 13.8. The fraction of sp³-hybridized carbons (Fsp3) is 0.438. The van der Waals surface area contributed by atoms with E-state index in [4.69, 9.17) is 0 Å². The second-order valence-corrected chi connectivity index (χ2v) is 5.20.